The molecule has 1 aliphatic heterocycles. The van der Waals surface area contributed by atoms with Crippen LogP contribution in [-0.4, -0.2) is 15.0 Å². The van der Waals surface area contributed by atoms with E-state index in [4.69, 9.17) is 15.0 Å². The summed E-state index contributed by atoms with van der Waals surface area (Å²) in [6.45, 7) is 0. The molecule has 0 radical (unpaired) electrons. The maximum Gasteiger partial charge on any atom is 0.164 e. The lowest BCUT2D eigenvalue weighted by Gasteiger charge is -2.27. The van der Waals surface area contributed by atoms with Crippen molar-refractivity contribution in [3.63, 3.8) is 0 Å². The molecular formula is C45H30N4. The van der Waals surface area contributed by atoms with Gasteiger partial charge in [0, 0.05) is 33.5 Å². The summed E-state index contributed by atoms with van der Waals surface area (Å²) in [5.74, 6) is 1.93. The molecule has 4 nitrogen and oxygen atoms in total. The molecular weight excluding hydrogens is 597 g/mol. The Kier molecular flexibility index (Phi) is 7.10. The largest absolute Gasteiger partial charge is 0.309 e. The van der Waals surface area contributed by atoms with Crippen LogP contribution in [0.5, 0.6) is 0 Å². The van der Waals surface area contributed by atoms with Crippen LogP contribution < -0.4 is 4.90 Å². The third-order valence-electron chi connectivity index (χ3n) is 9.06. The van der Waals surface area contributed by atoms with Gasteiger partial charge in [0.15, 0.2) is 17.5 Å². The van der Waals surface area contributed by atoms with Crippen LogP contribution in [0.3, 0.4) is 0 Å². The van der Waals surface area contributed by atoms with Crippen molar-refractivity contribution in [2.75, 3.05) is 4.90 Å². The Morgan fingerprint density at radius 3 is 1.37 bits per heavy atom. The lowest BCUT2D eigenvalue weighted by Crippen LogP contribution is -2.10. The van der Waals surface area contributed by atoms with Crippen molar-refractivity contribution in [1.82, 2.24) is 15.0 Å². The van der Waals surface area contributed by atoms with Gasteiger partial charge in [-0.3, -0.25) is 0 Å². The summed E-state index contributed by atoms with van der Waals surface area (Å²) in [4.78, 5) is 17.3. The van der Waals surface area contributed by atoms with Crippen molar-refractivity contribution in [3.05, 3.63) is 182 Å². The van der Waals surface area contributed by atoms with Crippen molar-refractivity contribution < 1.29 is 0 Å². The van der Waals surface area contributed by atoms with Gasteiger partial charge in [0.05, 0.1) is 11.4 Å². The van der Waals surface area contributed by atoms with Gasteiger partial charge in [0.25, 0.3) is 0 Å². The van der Waals surface area contributed by atoms with E-state index in [0.717, 1.165) is 44.9 Å². The maximum absolute atomic E-state index is 4.99. The van der Waals surface area contributed by atoms with E-state index in [-0.39, 0.29) is 0 Å². The van der Waals surface area contributed by atoms with Crippen LogP contribution in [-0.2, 0) is 0 Å². The lowest BCUT2D eigenvalue weighted by molar-refractivity contribution is 1.07. The van der Waals surface area contributed by atoms with Crippen molar-refractivity contribution in [2.24, 2.45) is 0 Å². The predicted molar refractivity (Wildman–Crippen MR) is 201 cm³/mol. The fourth-order valence-electron chi connectivity index (χ4n) is 6.73. The van der Waals surface area contributed by atoms with Crippen LogP contribution in [0, 0.1) is 0 Å². The van der Waals surface area contributed by atoms with E-state index in [1.807, 2.05) is 60.7 Å². The highest BCUT2D eigenvalue weighted by molar-refractivity contribution is 6.03. The summed E-state index contributed by atoms with van der Waals surface area (Å²) in [6.07, 6.45) is 0. The maximum atomic E-state index is 4.99. The smallest absolute Gasteiger partial charge is 0.164 e. The standard InChI is InChI=1S/C45H30N4/c1-4-15-31(16-5-1)43-46-44(32-17-6-2-7-18-32)48-45(47-43)35-20-14-19-33(29-35)34-27-28-40-38-24-11-10-23-37(38)39-25-12-13-26-41(39)49(42(40)30-34)36-21-8-3-9-22-36/h1-30H. The number of benzene rings is 7. The number of rotatable bonds is 5. The highest BCUT2D eigenvalue weighted by Crippen LogP contribution is 2.51. The van der Waals surface area contributed by atoms with Crippen molar-refractivity contribution >= 4 is 17.1 Å². The molecule has 0 fully saturated rings. The molecule has 7 aromatic carbocycles. The quantitative estimate of drug-likeness (QED) is 0.191. The van der Waals surface area contributed by atoms with Crippen LogP contribution >= 0.6 is 0 Å². The van der Waals surface area contributed by atoms with E-state index in [1.165, 1.54) is 22.3 Å². The van der Waals surface area contributed by atoms with Crippen LogP contribution in [0.4, 0.5) is 17.1 Å². The molecule has 49 heavy (non-hydrogen) atoms. The molecule has 1 aromatic heterocycles. The van der Waals surface area contributed by atoms with Gasteiger partial charge >= 0.3 is 0 Å². The molecule has 0 unspecified atom stereocenters. The highest BCUT2D eigenvalue weighted by Gasteiger charge is 2.26. The first kappa shape index (κ1) is 28.6. The van der Waals surface area contributed by atoms with Gasteiger partial charge < -0.3 is 4.90 Å². The van der Waals surface area contributed by atoms with Gasteiger partial charge in [-0.1, -0.05) is 152 Å². The molecule has 1 aliphatic rings. The molecule has 0 saturated heterocycles. The second kappa shape index (κ2) is 12.2. The molecule has 230 valence electrons. The van der Waals surface area contributed by atoms with Crippen LogP contribution in [0.25, 0.3) is 67.5 Å². The summed E-state index contributed by atoms with van der Waals surface area (Å²) in [5, 5.41) is 0. The SMILES string of the molecule is c1ccc(-c2nc(-c3ccccc3)nc(-c3cccc(-c4ccc5c(c4)N(c4ccccc4)c4ccccc4-c4ccccc4-5)c3)n2)cc1. The molecule has 0 saturated carbocycles. The number of hydrogen-bond donors (Lipinski definition) is 0. The van der Waals surface area contributed by atoms with Crippen LogP contribution in [0.15, 0.2) is 182 Å². The van der Waals surface area contributed by atoms with Gasteiger partial charge in [-0.15, -0.1) is 0 Å². The third-order valence-corrected chi connectivity index (χ3v) is 9.06. The number of aromatic nitrogens is 3. The summed E-state index contributed by atoms with van der Waals surface area (Å²) in [5.41, 5.74) is 13.3. The molecule has 0 N–H and O–H groups in total. The number of para-hydroxylation sites is 2. The van der Waals surface area contributed by atoms with Gasteiger partial charge in [-0.25, -0.2) is 15.0 Å². The minimum absolute atomic E-state index is 0.637. The van der Waals surface area contributed by atoms with Crippen molar-refractivity contribution in [1.29, 1.82) is 0 Å². The average molecular weight is 627 g/mol. The summed E-state index contributed by atoms with van der Waals surface area (Å²) < 4.78 is 0. The Labute approximate surface area is 285 Å². The fraction of sp³-hybridized carbons (Fsp3) is 0. The summed E-state index contributed by atoms with van der Waals surface area (Å²) in [6, 6.07) is 63.6. The van der Waals surface area contributed by atoms with Crippen molar-refractivity contribution in [2.45, 2.75) is 0 Å². The molecule has 0 spiro atoms. The first-order valence-corrected chi connectivity index (χ1v) is 16.5. The van der Waals surface area contributed by atoms with E-state index in [0.29, 0.717) is 17.5 Å². The van der Waals surface area contributed by atoms with E-state index in [9.17, 15) is 0 Å². The van der Waals surface area contributed by atoms with Gasteiger partial charge in [0.2, 0.25) is 0 Å². The minimum Gasteiger partial charge on any atom is -0.309 e. The normalized spacial score (nSPS) is 11.6. The highest BCUT2D eigenvalue weighted by atomic mass is 15.1. The van der Waals surface area contributed by atoms with Crippen LogP contribution in [0.1, 0.15) is 0 Å². The van der Waals surface area contributed by atoms with Crippen molar-refractivity contribution in [3.8, 4) is 67.5 Å². The zero-order valence-electron chi connectivity index (χ0n) is 26.6. The average Bonchev–Trinajstić information content (AvgIpc) is 3.31. The van der Waals surface area contributed by atoms with Gasteiger partial charge in [-0.2, -0.15) is 0 Å². The lowest BCUT2D eigenvalue weighted by atomic mass is 9.93. The monoisotopic (exact) mass is 626 g/mol. The molecule has 0 bridgehead atoms. The Morgan fingerprint density at radius 1 is 0.286 bits per heavy atom. The Hall–Kier alpha value is -6.65. The fourth-order valence-corrected chi connectivity index (χ4v) is 6.73. The molecule has 0 atom stereocenters. The van der Waals surface area contributed by atoms with E-state index < -0.39 is 0 Å². The van der Waals surface area contributed by atoms with Gasteiger partial charge in [0.1, 0.15) is 0 Å². The number of anilines is 3. The molecule has 0 aliphatic carbocycles. The number of fused-ring (bicyclic) bond motifs is 5. The topological polar surface area (TPSA) is 41.9 Å². The first-order valence-electron chi connectivity index (χ1n) is 16.5. The second-order valence-corrected chi connectivity index (χ2v) is 12.1. The van der Waals surface area contributed by atoms with E-state index in [2.05, 4.69) is 126 Å². The van der Waals surface area contributed by atoms with Crippen LogP contribution in [0.2, 0.25) is 0 Å². The zero-order valence-corrected chi connectivity index (χ0v) is 26.6. The Bertz CT molecular complexity index is 2380. The first-order chi connectivity index (χ1) is 24.3. The molecule has 9 rings (SSSR count). The summed E-state index contributed by atoms with van der Waals surface area (Å²) >= 11 is 0. The predicted octanol–water partition coefficient (Wildman–Crippen LogP) is 11.7. The summed E-state index contributed by atoms with van der Waals surface area (Å²) in [7, 11) is 0. The zero-order chi connectivity index (χ0) is 32.6. The molecule has 2 heterocycles. The number of nitrogens with zero attached hydrogens (tertiary/aromatic N) is 4. The number of hydrogen-bond acceptors (Lipinski definition) is 4. The third kappa shape index (κ3) is 5.26. The minimum atomic E-state index is 0.637. The molecule has 4 heteroatoms. The van der Waals surface area contributed by atoms with Gasteiger partial charge in [-0.05, 0) is 52.6 Å². The Balaban J connectivity index is 1.21. The van der Waals surface area contributed by atoms with E-state index in [1.54, 1.807) is 0 Å². The second-order valence-electron chi connectivity index (χ2n) is 12.1. The molecule has 8 aromatic rings. The van der Waals surface area contributed by atoms with E-state index >= 15 is 0 Å². The molecule has 0 amide bonds. The Morgan fingerprint density at radius 2 is 0.735 bits per heavy atom.